The number of nitrogens with two attached hydrogens (primary N) is 1. The lowest BCUT2D eigenvalue weighted by Crippen LogP contribution is -2.32. The first-order valence-electron chi connectivity index (χ1n) is 13.8. The van der Waals surface area contributed by atoms with Crippen LogP contribution >= 0.6 is 0 Å². The van der Waals surface area contributed by atoms with Crippen molar-refractivity contribution >= 4 is 0 Å². The summed E-state index contributed by atoms with van der Waals surface area (Å²) < 4.78 is 11.9. The van der Waals surface area contributed by atoms with Gasteiger partial charge in [0.15, 0.2) is 11.5 Å². The number of nitrogens with zero attached hydrogens (tertiary/aromatic N) is 1. The van der Waals surface area contributed by atoms with Crippen LogP contribution in [0.3, 0.4) is 0 Å². The van der Waals surface area contributed by atoms with Crippen LogP contribution in [0.5, 0.6) is 11.5 Å². The molecule has 3 aromatic rings. The van der Waals surface area contributed by atoms with Crippen molar-refractivity contribution in [1.82, 2.24) is 4.90 Å². The highest BCUT2D eigenvalue weighted by atomic mass is 16.5. The van der Waals surface area contributed by atoms with Crippen LogP contribution in [0.4, 0.5) is 0 Å². The Morgan fingerprint density at radius 2 is 1.46 bits per heavy atom. The summed E-state index contributed by atoms with van der Waals surface area (Å²) in [6.07, 6.45) is 5.08. The molecule has 4 heteroatoms. The number of rotatable bonds is 11. The number of hydrogen-bond acceptors (Lipinski definition) is 4. The maximum absolute atomic E-state index is 6.11. The number of methoxy groups -OCH3 is 1. The van der Waals surface area contributed by atoms with E-state index < -0.39 is 0 Å². The van der Waals surface area contributed by atoms with Crippen molar-refractivity contribution in [2.45, 2.75) is 66.2 Å². The van der Waals surface area contributed by atoms with E-state index in [1.54, 1.807) is 7.11 Å². The van der Waals surface area contributed by atoms with E-state index in [1.807, 2.05) is 18.2 Å². The van der Waals surface area contributed by atoms with Gasteiger partial charge in [0.05, 0.1) is 7.11 Å². The predicted octanol–water partition coefficient (Wildman–Crippen LogP) is 6.97. The van der Waals surface area contributed by atoms with Gasteiger partial charge in [-0.25, -0.2) is 0 Å². The Hall–Kier alpha value is -2.82. The second-order valence-electron chi connectivity index (χ2n) is 10.9. The van der Waals surface area contributed by atoms with Gasteiger partial charge in [0, 0.05) is 19.6 Å². The van der Waals surface area contributed by atoms with Crippen LogP contribution < -0.4 is 15.2 Å². The summed E-state index contributed by atoms with van der Waals surface area (Å²) in [6, 6.07) is 21.3. The van der Waals surface area contributed by atoms with Gasteiger partial charge in [0.2, 0.25) is 0 Å². The van der Waals surface area contributed by atoms with Crippen LogP contribution in [0, 0.1) is 32.6 Å². The Bertz CT molecular complexity index is 1110. The lowest BCUT2D eigenvalue weighted by atomic mass is 9.81. The van der Waals surface area contributed by atoms with E-state index in [2.05, 4.69) is 68.1 Å². The fourth-order valence-corrected chi connectivity index (χ4v) is 5.81. The minimum Gasteiger partial charge on any atom is -0.493 e. The molecule has 0 aromatic heterocycles. The van der Waals surface area contributed by atoms with Crippen molar-refractivity contribution < 1.29 is 9.47 Å². The Morgan fingerprint density at radius 3 is 2.11 bits per heavy atom. The monoisotopic (exact) mass is 500 g/mol. The highest BCUT2D eigenvalue weighted by Gasteiger charge is 2.23. The molecule has 37 heavy (non-hydrogen) atoms. The summed E-state index contributed by atoms with van der Waals surface area (Å²) in [7, 11) is 1.72. The number of hydrogen-bond donors (Lipinski definition) is 1. The molecule has 1 aliphatic carbocycles. The third kappa shape index (κ3) is 7.59. The highest BCUT2D eigenvalue weighted by Crippen LogP contribution is 2.32. The zero-order valence-electron chi connectivity index (χ0n) is 23.1. The van der Waals surface area contributed by atoms with Gasteiger partial charge in [-0.15, -0.1) is 0 Å². The van der Waals surface area contributed by atoms with Gasteiger partial charge in [-0.05, 0) is 105 Å². The van der Waals surface area contributed by atoms with Crippen molar-refractivity contribution in [3.8, 4) is 11.5 Å². The highest BCUT2D eigenvalue weighted by molar-refractivity contribution is 5.43. The van der Waals surface area contributed by atoms with E-state index in [4.69, 9.17) is 15.2 Å². The first kappa shape index (κ1) is 27.2. The minimum absolute atomic E-state index is 0.528. The van der Waals surface area contributed by atoms with Gasteiger partial charge in [-0.3, -0.25) is 4.90 Å². The fraction of sp³-hybridized carbons (Fsp3) is 0.455. The number of benzene rings is 3. The molecular weight excluding hydrogens is 456 g/mol. The molecule has 1 aliphatic rings. The fourth-order valence-electron chi connectivity index (χ4n) is 5.81. The second kappa shape index (κ2) is 13.1. The molecule has 1 saturated carbocycles. The summed E-state index contributed by atoms with van der Waals surface area (Å²) in [5.74, 6) is 3.01. The van der Waals surface area contributed by atoms with Crippen molar-refractivity contribution in [2.24, 2.45) is 17.6 Å². The zero-order valence-corrected chi connectivity index (χ0v) is 23.1. The summed E-state index contributed by atoms with van der Waals surface area (Å²) >= 11 is 0. The number of ether oxygens (including phenoxy) is 2. The Labute approximate surface area is 223 Å². The van der Waals surface area contributed by atoms with Crippen LogP contribution in [0.2, 0.25) is 0 Å². The molecule has 3 aromatic carbocycles. The molecule has 0 unspecified atom stereocenters. The maximum atomic E-state index is 6.11. The third-order valence-corrected chi connectivity index (χ3v) is 7.91. The molecule has 4 rings (SSSR count). The quantitative estimate of drug-likeness (QED) is 0.309. The lowest BCUT2D eigenvalue weighted by Gasteiger charge is -2.33. The van der Waals surface area contributed by atoms with Crippen LogP contribution in [-0.4, -0.2) is 25.1 Å². The summed E-state index contributed by atoms with van der Waals surface area (Å²) in [4.78, 5) is 2.64. The molecule has 0 atom stereocenters. The third-order valence-electron chi connectivity index (χ3n) is 7.91. The first-order chi connectivity index (χ1) is 17.9. The SMILES string of the molecule is COc1cc(CN(Cc2c(C)cc(C)cc2C)CC2CCC(CN)CC2)ccc1OCc1ccccc1. The van der Waals surface area contributed by atoms with Crippen LogP contribution in [-0.2, 0) is 19.7 Å². The molecule has 1 fully saturated rings. The topological polar surface area (TPSA) is 47.7 Å². The molecule has 0 heterocycles. The molecule has 0 aliphatic heterocycles. The largest absolute Gasteiger partial charge is 0.493 e. The van der Waals surface area contributed by atoms with E-state index in [0.717, 1.165) is 49.2 Å². The van der Waals surface area contributed by atoms with E-state index in [0.29, 0.717) is 12.5 Å². The van der Waals surface area contributed by atoms with Crippen molar-refractivity contribution in [3.63, 3.8) is 0 Å². The predicted molar refractivity (Wildman–Crippen MR) is 153 cm³/mol. The van der Waals surface area contributed by atoms with Crippen LogP contribution in [0.25, 0.3) is 0 Å². The van der Waals surface area contributed by atoms with E-state index in [9.17, 15) is 0 Å². The summed E-state index contributed by atoms with van der Waals surface area (Å²) in [5, 5.41) is 0. The Kier molecular flexibility index (Phi) is 9.65. The van der Waals surface area contributed by atoms with E-state index >= 15 is 0 Å². The Morgan fingerprint density at radius 1 is 0.784 bits per heavy atom. The van der Waals surface area contributed by atoms with Crippen LogP contribution in [0.15, 0.2) is 60.7 Å². The van der Waals surface area contributed by atoms with E-state index in [-0.39, 0.29) is 0 Å². The van der Waals surface area contributed by atoms with Crippen molar-refractivity contribution in [1.29, 1.82) is 0 Å². The molecule has 0 amide bonds. The van der Waals surface area contributed by atoms with Crippen molar-refractivity contribution in [3.05, 3.63) is 94.0 Å². The molecule has 198 valence electrons. The Balaban J connectivity index is 1.50. The molecule has 0 radical (unpaired) electrons. The van der Waals surface area contributed by atoms with Crippen molar-refractivity contribution in [2.75, 3.05) is 20.2 Å². The smallest absolute Gasteiger partial charge is 0.161 e. The van der Waals surface area contributed by atoms with Gasteiger partial charge in [-0.1, -0.05) is 54.1 Å². The van der Waals surface area contributed by atoms with Crippen LogP contribution in [0.1, 0.15) is 59.1 Å². The molecule has 4 nitrogen and oxygen atoms in total. The van der Waals surface area contributed by atoms with Gasteiger partial charge in [0.25, 0.3) is 0 Å². The molecule has 2 N–H and O–H groups in total. The van der Waals surface area contributed by atoms with E-state index in [1.165, 1.54) is 53.5 Å². The zero-order chi connectivity index (χ0) is 26.2. The first-order valence-corrected chi connectivity index (χ1v) is 13.8. The number of aryl methyl sites for hydroxylation is 3. The summed E-state index contributed by atoms with van der Waals surface area (Å²) in [5.41, 5.74) is 13.9. The lowest BCUT2D eigenvalue weighted by molar-refractivity contribution is 0.169. The molecule has 0 bridgehead atoms. The standard InChI is InChI=1S/C33H44N2O2/c1-24-16-25(2)31(26(3)17-24)22-35(20-28-12-10-27(19-34)11-13-28)21-30-14-15-32(33(18-30)36-4)37-23-29-8-6-5-7-9-29/h5-9,14-18,27-28H,10-13,19-23,34H2,1-4H3. The molecular formula is C33H44N2O2. The van der Waals surface area contributed by atoms with Gasteiger partial charge in [0.1, 0.15) is 6.61 Å². The van der Waals surface area contributed by atoms with Gasteiger partial charge >= 0.3 is 0 Å². The van der Waals surface area contributed by atoms with Gasteiger partial charge < -0.3 is 15.2 Å². The average molecular weight is 501 g/mol. The summed E-state index contributed by atoms with van der Waals surface area (Å²) in [6.45, 7) is 11.0. The normalized spacial score (nSPS) is 17.7. The second-order valence-corrected chi connectivity index (χ2v) is 10.9. The maximum Gasteiger partial charge on any atom is 0.161 e. The molecule has 0 spiro atoms. The van der Waals surface area contributed by atoms with Gasteiger partial charge in [-0.2, -0.15) is 0 Å². The molecule has 0 saturated heterocycles. The minimum atomic E-state index is 0.528. The average Bonchev–Trinajstić information content (AvgIpc) is 2.90.